The number of hydrogen-bond acceptors (Lipinski definition) is 5. The van der Waals surface area contributed by atoms with Gasteiger partial charge in [-0.15, -0.1) is 0 Å². The predicted octanol–water partition coefficient (Wildman–Crippen LogP) is 1.92. The monoisotopic (exact) mass is 383 g/mol. The molecule has 0 aliphatic rings. The van der Waals surface area contributed by atoms with Crippen LogP contribution >= 0.6 is 0 Å². The molecule has 0 atom stereocenters. The number of esters is 1. The van der Waals surface area contributed by atoms with Gasteiger partial charge in [-0.2, -0.15) is 0 Å². The predicted molar refractivity (Wildman–Crippen MR) is 103 cm³/mol. The van der Waals surface area contributed by atoms with E-state index < -0.39 is 37.0 Å². The summed E-state index contributed by atoms with van der Waals surface area (Å²) in [5, 5.41) is 6.95. The van der Waals surface area contributed by atoms with Gasteiger partial charge >= 0.3 is 12.0 Å². The molecule has 0 saturated carbocycles. The van der Waals surface area contributed by atoms with E-state index in [0.717, 1.165) is 11.1 Å². The first-order chi connectivity index (χ1) is 13.3. The van der Waals surface area contributed by atoms with Crippen LogP contribution in [-0.4, -0.2) is 37.0 Å². The highest BCUT2D eigenvalue weighted by atomic mass is 16.5. The van der Waals surface area contributed by atoms with Crippen LogP contribution in [0.3, 0.4) is 0 Å². The Kier molecular flexibility index (Phi) is 7.27. The van der Waals surface area contributed by atoms with Crippen molar-refractivity contribution in [3.8, 4) is 0 Å². The first-order valence-electron chi connectivity index (χ1n) is 8.52. The van der Waals surface area contributed by atoms with E-state index in [-0.39, 0.29) is 0 Å². The number of anilines is 1. The maximum Gasteiger partial charge on any atom is 0.325 e. The molecule has 2 aromatic carbocycles. The molecular formula is C20H21N3O5. The second-order valence-corrected chi connectivity index (χ2v) is 6.01. The van der Waals surface area contributed by atoms with E-state index in [1.807, 2.05) is 19.9 Å². The van der Waals surface area contributed by atoms with Crippen LogP contribution < -0.4 is 16.0 Å². The van der Waals surface area contributed by atoms with Crippen molar-refractivity contribution in [3.63, 3.8) is 0 Å². The Morgan fingerprint density at radius 1 is 0.929 bits per heavy atom. The quantitative estimate of drug-likeness (QED) is 0.660. The van der Waals surface area contributed by atoms with Crippen molar-refractivity contribution in [2.45, 2.75) is 13.8 Å². The molecule has 0 fully saturated rings. The summed E-state index contributed by atoms with van der Waals surface area (Å²) in [4.78, 5) is 46.9. The first kappa shape index (κ1) is 20.6. The Balaban J connectivity index is 1.69. The van der Waals surface area contributed by atoms with Gasteiger partial charge in [0.1, 0.15) is 6.54 Å². The van der Waals surface area contributed by atoms with Crippen molar-refractivity contribution >= 4 is 29.5 Å². The van der Waals surface area contributed by atoms with Crippen molar-refractivity contribution in [1.82, 2.24) is 10.6 Å². The van der Waals surface area contributed by atoms with Crippen LogP contribution in [0.4, 0.5) is 10.5 Å². The molecule has 0 saturated heterocycles. The van der Waals surface area contributed by atoms with E-state index in [0.29, 0.717) is 11.3 Å². The average molecular weight is 383 g/mol. The van der Waals surface area contributed by atoms with Crippen LogP contribution in [0.15, 0.2) is 48.5 Å². The number of nitrogens with one attached hydrogen (secondary N) is 3. The smallest absolute Gasteiger partial charge is 0.325 e. The minimum atomic E-state index is -0.797. The molecule has 0 bridgehead atoms. The summed E-state index contributed by atoms with van der Waals surface area (Å²) in [6, 6.07) is 12.9. The Hall–Kier alpha value is -3.68. The first-order valence-corrected chi connectivity index (χ1v) is 8.52. The summed E-state index contributed by atoms with van der Waals surface area (Å²) >= 11 is 0. The third-order valence-corrected chi connectivity index (χ3v) is 3.81. The van der Waals surface area contributed by atoms with Gasteiger partial charge in [0.2, 0.25) is 0 Å². The van der Waals surface area contributed by atoms with Gasteiger partial charge in [0.15, 0.2) is 6.61 Å². The highest BCUT2D eigenvalue weighted by Crippen LogP contribution is 2.13. The van der Waals surface area contributed by atoms with Crippen LogP contribution in [-0.2, 0) is 14.3 Å². The van der Waals surface area contributed by atoms with Crippen molar-refractivity contribution in [2.75, 3.05) is 18.5 Å². The zero-order valence-electron chi connectivity index (χ0n) is 15.6. The second kappa shape index (κ2) is 9.86. The van der Waals surface area contributed by atoms with Crippen LogP contribution in [0.25, 0.3) is 0 Å². The molecule has 4 amide bonds. The SMILES string of the molecule is Cc1ccc(NC(=O)NC(=O)COC(=O)CNC(=O)c2ccccc2)cc1C. The number of rotatable bonds is 6. The number of amides is 4. The zero-order chi connectivity index (χ0) is 20.5. The van der Waals surface area contributed by atoms with Gasteiger partial charge < -0.3 is 15.4 Å². The number of imide groups is 1. The molecule has 0 aliphatic carbocycles. The average Bonchev–Trinajstić information content (AvgIpc) is 2.68. The molecule has 0 unspecified atom stereocenters. The van der Waals surface area contributed by atoms with Crippen molar-refractivity contribution in [1.29, 1.82) is 0 Å². The lowest BCUT2D eigenvalue weighted by molar-refractivity contribution is -0.147. The van der Waals surface area contributed by atoms with Crippen molar-refractivity contribution in [3.05, 3.63) is 65.2 Å². The largest absolute Gasteiger partial charge is 0.454 e. The Morgan fingerprint density at radius 2 is 1.64 bits per heavy atom. The van der Waals surface area contributed by atoms with Gasteiger partial charge in [0, 0.05) is 11.3 Å². The Bertz CT molecular complexity index is 881. The van der Waals surface area contributed by atoms with Gasteiger partial charge in [0.25, 0.3) is 11.8 Å². The highest BCUT2D eigenvalue weighted by molar-refractivity contribution is 6.02. The van der Waals surface area contributed by atoms with Crippen molar-refractivity contribution < 1.29 is 23.9 Å². The fourth-order valence-corrected chi connectivity index (χ4v) is 2.19. The summed E-state index contributed by atoms with van der Waals surface area (Å²) < 4.78 is 4.73. The Morgan fingerprint density at radius 3 is 2.32 bits per heavy atom. The lowest BCUT2D eigenvalue weighted by atomic mass is 10.1. The summed E-state index contributed by atoms with van der Waals surface area (Å²) in [5.41, 5.74) is 3.01. The molecule has 2 aromatic rings. The highest BCUT2D eigenvalue weighted by Gasteiger charge is 2.13. The lowest BCUT2D eigenvalue weighted by Crippen LogP contribution is -2.38. The number of aryl methyl sites for hydroxylation is 2. The fraction of sp³-hybridized carbons (Fsp3) is 0.200. The minimum absolute atomic E-state index is 0.393. The number of carbonyl (C=O) groups excluding carboxylic acids is 4. The summed E-state index contributed by atoms with van der Waals surface area (Å²) in [5.74, 6) is -2.02. The molecule has 0 aliphatic heterocycles. The lowest BCUT2D eigenvalue weighted by Gasteiger charge is -2.09. The maximum absolute atomic E-state index is 11.8. The number of urea groups is 1. The normalized spacial score (nSPS) is 9.93. The second-order valence-electron chi connectivity index (χ2n) is 6.01. The van der Waals surface area contributed by atoms with Crippen molar-refractivity contribution in [2.24, 2.45) is 0 Å². The summed E-state index contributed by atoms with van der Waals surface area (Å²) in [6.45, 7) is 2.81. The third-order valence-electron chi connectivity index (χ3n) is 3.81. The standard InChI is InChI=1S/C20H21N3O5/c1-13-8-9-16(10-14(13)2)22-20(27)23-17(24)12-28-18(25)11-21-19(26)15-6-4-3-5-7-15/h3-10H,11-12H2,1-2H3,(H,21,26)(H2,22,23,24,27). The zero-order valence-corrected chi connectivity index (χ0v) is 15.6. The van der Waals surface area contributed by atoms with E-state index in [2.05, 4.69) is 16.0 Å². The molecule has 146 valence electrons. The van der Waals surface area contributed by atoms with Gasteiger partial charge in [0.05, 0.1) is 0 Å². The van der Waals surface area contributed by atoms with E-state index in [1.165, 1.54) is 0 Å². The van der Waals surface area contributed by atoms with Crippen LogP contribution in [0, 0.1) is 13.8 Å². The number of benzene rings is 2. The molecule has 0 radical (unpaired) electrons. The van der Waals surface area contributed by atoms with Crippen LogP contribution in [0.2, 0.25) is 0 Å². The number of hydrogen-bond donors (Lipinski definition) is 3. The Labute approximate surface area is 162 Å². The van der Waals surface area contributed by atoms with Crippen LogP contribution in [0.1, 0.15) is 21.5 Å². The molecule has 0 aromatic heterocycles. The number of ether oxygens (including phenoxy) is 1. The van der Waals surface area contributed by atoms with E-state index in [9.17, 15) is 19.2 Å². The topological polar surface area (TPSA) is 114 Å². The molecule has 0 heterocycles. The molecular weight excluding hydrogens is 362 g/mol. The van der Waals surface area contributed by atoms with E-state index in [1.54, 1.807) is 42.5 Å². The summed E-state index contributed by atoms with van der Waals surface area (Å²) in [6.07, 6.45) is 0. The molecule has 3 N–H and O–H groups in total. The third kappa shape index (κ3) is 6.56. The molecule has 2 rings (SSSR count). The van der Waals surface area contributed by atoms with Gasteiger partial charge in [-0.1, -0.05) is 24.3 Å². The maximum atomic E-state index is 11.8. The minimum Gasteiger partial charge on any atom is -0.454 e. The van der Waals surface area contributed by atoms with Gasteiger partial charge in [-0.25, -0.2) is 4.79 Å². The molecule has 28 heavy (non-hydrogen) atoms. The van der Waals surface area contributed by atoms with E-state index in [4.69, 9.17) is 4.74 Å². The van der Waals surface area contributed by atoms with E-state index >= 15 is 0 Å². The van der Waals surface area contributed by atoms with Crippen LogP contribution in [0.5, 0.6) is 0 Å². The molecule has 8 nitrogen and oxygen atoms in total. The molecule has 8 heteroatoms. The van der Waals surface area contributed by atoms with Gasteiger partial charge in [-0.05, 0) is 49.2 Å². The fourth-order valence-electron chi connectivity index (χ4n) is 2.19. The van der Waals surface area contributed by atoms with Gasteiger partial charge in [-0.3, -0.25) is 19.7 Å². The number of carbonyl (C=O) groups is 4. The summed E-state index contributed by atoms with van der Waals surface area (Å²) in [7, 11) is 0. The molecule has 0 spiro atoms.